The van der Waals surface area contributed by atoms with Crippen LogP contribution >= 0.6 is 0 Å². The summed E-state index contributed by atoms with van der Waals surface area (Å²) in [6.07, 6.45) is 1.81. The van der Waals surface area contributed by atoms with Gasteiger partial charge in [-0.05, 0) is 90.9 Å². The summed E-state index contributed by atoms with van der Waals surface area (Å²) in [7, 11) is 0. The van der Waals surface area contributed by atoms with Gasteiger partial charge in [-0.25, -0.2) is 19.9 Å². The van der Waals surface area contributed by atoms with Crippen LogP contribution in [0.15, 0.2) is 109 Å². The molecule has 0 saturated heterocycles. The monoisotopic (exact) mass is 955 g/mol. The molecule has 0 atom stereocenters. The first-order chi connectivity index (χ1) is 27.7. The van der Waals surface area contributed by atoms with Crippen LogP contribution in [0.4, 0.5) is 22.7 Å². The van der Waals surface area contributed by atoms with Crippen LogP contribution in [-0.2, 0) is 31.9 Å². The van der Waals surface area contributed by atoms with Crippen molar-refractivity contribution in [3.05, 3.63) is 156 Å². The molecule has 9 heteroatoms. The Kier molecular flexibility index (Phi) is 10.2. The fraction of sp³-hybridized carbons (Fsp3) is 0.220. The number of hydrogen-bond donors (Lipinski definition) is 0. The number of benzene rings is 5. The Morgan fingerprint density at radius 3 is 1.95 bits per heavy atom. The number of hydrogen-bond acceptors (Lipinski definition) is 7. The molecule has 1 aliphatic rings. The molecule has 0 bridgehead atoms. The molecule has 0 amide bonds. The molecule has 0 spiro atoms. The van der Waals surface area contributed by atoms with Gasteiger partial charge in [0.05, 0.1) is 0 Å². The summed E-state index contributed by atoms with van der Waals surface area (Å²) < 4.78 is 9.09. The first-order valence-corrected chi connectivity index (χ1v) is 19.7. The van der Waals surface area contributed by atoms with Crippen molar-refractivity contribution < 1.29 is 25.8 Å². The van der Waals surface area contributed by atoms with E-state index in [0.717, 1.165) is 50.4 Å². The summed E-state index contributed by atoms with van der Waals surface area (Å²) in [6, 6.07) is 42.7. The van der Waals surface area contributed by atoms with Gasteiger partial charge in [0.15, 0.2) is 0 Å². The van der Waals surface area contributed by atoms with E-state index in [0.29, 0.717) is 34.5 Å². The maximum atomic E-state index is 6.95. The largest absolute Gasteiger partial charge is 0.508 e. The number of aryl methyl sites for hydroxylation is 2. The predicted octanol–water partition coefficient (Wildman–Crippen LogP) is 12.4. The number of rotatable bonds is 6. The molecule has 0 fully saturated rings. The van der Waals surface area contributed by atoms with Crippen LogP contribution in [-0.4, -0.2) is 24.5 Å². The number of para-hydroxylation sites is 3. The van der Waals surface area contributed by atoms with Crippen LogP contribution in [0, 0.1) is 39.6 Å². The average molecular weight is 956 g/mol. The van der Waals surface area contributed by atoms with E-state index >= 15 is 0 Å². The minimum Gasteiger partial charge on any atom is -0.508 e. The Bertz CT molecular complexity index is 2820. The Balaban J connectivity index is 0.00000484. The smallest absolute Gasteiger partial charge is 0.137 e. The quantitative estimate of drug-likeness (QED) is 0.154. The molecule has 5 aromatic carbocycles. The molecular weight excluding hydrogens is 910 g/mol. The minimum absolute atomic E-state index is 0. The van der Waals surface area contributed by atoms with E-state index in [1.54, 1.807) is 0 Å². The van der Waals surface area contributed by atoms with Gasteiger partial charge >= 0.3 is 0 Å². The van der Waals surface area contributed by atoms with E-state index in [9.17, 15) is 0 Å². The van der Waals surface area contributed by atoms with Crippen molar-refractivity contribution in [3.63, 3.8) is 0 Å². The summed E-state index contributed by atoms with van der Waals surface area (Å²) in [6.45, 7) is 21.4. The van der Waals surface area contributed by atoms with Crippen molar-refractivity contribution in [1.29, 1.82) is 0 Å². The maximum absolute atomic E-state index is 6.95. The molecule has 8 nitrogen and oxygen atoms in total. The normalized spacial score (nSPS) is 12.9. The van der Waals surface area contributed by atoms with Gasteiger partial charge in [0, 0.05) is 72.2 Å². The van der Waals surface area contributed by atoms with Gasteiger partial charge in [-0.15, -0.1) is 48.1 Å². The Hall–Kier alpha value is -5.85. The molecule has 0 unspecified atom stereocenters. The standard InChI is InChI=1S/C50H46N7O.Pt/c1-31-25-35(26-32(2)33(31)3)56-30-55(41-21-12-13-22-42(41)56)34-17-16-18-36(27-34)58-44-29-43-38(37-19-10-11-20-40(37)57(43)45-23-14-15-24-51-45)28-39(44)46-52-47(49(4,5)6)54-48(53-46)50(7,8)9;/h10-26,28,30H,1-9H3;/q-3;. The molecule has 0 aliphatic carbocycles. The molecule has 300 valence electrons. The van der Waals surface area contributed by atoms with Gasteiger partial charge in [-0.3, -0.25) is 0 Å². The molecule has 3 aromatic heterocycles. The van der Waals surface area contributed by atoms with Gasteiger partial charge in [0.25, 0.3) is 0 Å². The van der Waals surface area contributed by atoms with E-state index in [1.807, 2.05) is 42.6 Å². The number of anilines is 4. The van der Waals surface area contributed by atoms with Crippen molar-refractivity contribution in [2.75, 3.05) is 9.80 Å². The number of aromatic nitrogens is 5. The topological polar surface area (TPSA) is 72.2 Å². The van der Waals surface area contributed by atoms with E-state index in [2.05, 4.69) is 162 Å². The van der Waals surface area contributed by atoms with Crippen molar-refractivity contribution in [2.24, 2.45) is 0 Å². The van der Waals surface area contributed by atoms with Crippen LogP contribution < -0.4 is 14.5 Å². The van der Waals surface area contributed by atoms with Crippen LogP contribution in [0.2, 0.25) is 0 Å². The molecule has 9 rings (SSSR count). The van der Waals surface area contributed by atoms with Crippen LogP contribution in [0.25, 0.3) is 39.0 Å². The minimum atomic E-state index is -0.323. The third-order valence-electron chi connectivity index (χ3n) is 10.8. The van der Waals surface area contributed by atoms with Crippen molar-refractivity contribution in [3.8, 4) is 28.7 Å². The predicted molar refractivity (Wildman–Crippen MR) is 235 cm³/mol. The zero-order chi connectivity index (χ0) is 40.5. The molecule has 59 heavy (non-hydrogen) atoms. The summed E-state index contributed by atoms with van der Waals surface area (Å²) in [4.78, 5) is 24.4. The third-order valence-corrected chi connectivity index (χ3v) is 10.8. The summed E-state index contributed by atoms with van der Waals surface area (Å²) >= 11 is 0. The third kappa shape index (κ3) is 7.29. The summed E-state index contributed by atoms with van der Waals surface area (Å²) in [5.41, 5.74) is 9.82. The van der Waals surface area contributed by atoms with Gasteiger partial charge in [-0.1, -0.05) is 83.5 Å². The average Bonchev–Trinajstić information content (AvgIpc) is 3.75. The van der Waals surface area contributed by atoms with Crippen molar-refractivity contribution in [1.82, 2.24) is 24.5 Å². The van der Waals surface area contributed by atoms with Gasteiger partial charge < -0.3 is 19.1 Å². The second kappa shape index (κ2) is 15.1. The van der Waals surface area contributed by atoms with E-state index in [1.165, 1.54) is 16.7 Å². The SMILES string of the molecule is Cc1cc(N2[CH-]N(c3[c-]c(Oc4[c-]c5c(cc4-c4nc(C(C)(C)C)nc(C(C)(C)C)n4)c4ccccc4n5-c4ccccn4)ccc3)c3ccccc32)cc(C)c1C.[Pt]. The van der Waals surface area contributed by atoms with Gasteiger partial charge in [-0.2, -0.15) is 6.07 Å². The fourth-order valence-electron chi connectivity index (χ4n) is 7.46. The number of ether oxygens (including phenoxy) is 1. The van der Waals surface area contributed by atoms with E-state index in [4.69, 9.17) is 24.7 Å². The molecule has 0 radical (unpaired) electrons. The van der Waals surface area contributed by atoms with Crippen LogP contribution in [0.1, 0.15) is 69.9 Å². The molecule has 4 heterocycles. The molecule has 8 aromatic rings. The number of fused-ring (bicyclic) bond motifs is 4. The molecule has 0 N–H and O–H groups in total. The summed E-state index contributed by atoms with van der Waals surface area (Å²) in [5.74, 6) is 3.75. The first-order valence-electron chi connectivity index (χ1n) is 19.7. The van der Waals surface area contributed by atoms with Crippen LogP contribution in [0.5, 0.6) is 11.5 Å². The van der Waals surface area contributed by atoms with E-state index < -0.39 is 0 Å². The van der Waals surface area contributed by atoms with Crippen LogP contribution in [0.3, 0.4) is 0 Å². The fourth-order valence-corrected chi connectivity index (χ4v) is 7.46. The first kappa shape index (κ1) is 40.0. The Labute approximate surface area is 361 Å². The number of nitrogens with zero attached hydrogens (tertiary/aromatic N) is 7. The summed E-state index contributed by atoms with van der Waals surface area (Å²) in [5, 5.41) is 2.05. The zero-order valence-corrected chi connectivity index (χ0v) is 37.1. The van der Waals surface area contributed by atoms with Gasteiger partial charge in [0.2, 0.25) is 0 Å². The Morgan fingerprint density at radius 2 is 1.29 bits per heavy atom. The maximum Gasteiger partial charge on any atom is 0.137 e. The molecular formula is C50H46N7OPt-3. The second-order valence-corrected chi connectivity index (χ2v) is 17.2. The molecule has 1 aliphatic heterocycles. The Morgan fingerprint density at radius 1 is 0.644 bits per heavy atom. The molecule has 0 saturated carbocycles. The zero-order valence-electron chi connectivity index (χ0n) is 34.8. The van der Waals surface area contributed by atoms with Crippen molar-refractivity contribution in [2.45, 2.75) is 73.1 Å². The second-order valence-electron chi connectivity index (χ2n) is 17.2. The number of pyridine rings is 1. The van der Waals surface area contributed by atoms with E-state index in [-0.39, 0.29) is 31.9 Å². The van der Waals surface area contributed by atoms with Gasteiger partial charge in [0.1, 0.15) is 23.3 Å². The van der Waals surface area contributed by atoms with Crippen molar-refractivity contribution >= 4 is 44.6 Å².